The van der Waals surface area contributed by atoms with E-state index in [1.165, 1.54) is 0 Å². The van der Waals surface area contributed by atoms with Gasteiger partial charge in [-0.2, -0.15) is 5.26 Å². The predicted molar refractivity (Wildman–Crippen MR) is 74.4 cm³/mol. The fraction of sp³-hybridized carbons (Fsp3) is 0.733. The fourth-order valence-electron chi connectivity index (χ4n) is 3.05. The van der Waals surface area contributed by atoms with Crippen molar-refractivity contribution in [1.82, 2.24) is 10.2 Å². The van der Waals surface area contributed by atoms with Gasteiger partial charge in [-0.15, -0.1) is 6.42 Å². The van der Waals surface area contributed by atoms with E-state index >= 15 is 0 Å². The number of aliphatic hydroxyl groups excluding tert-OH is 1. The third-order valence-corrected chi connectivity index (χ3v) is 4.25. The van der Waals surface area contributed by atoms with Gasteiger partial charge in [-0.05, 0) is 38.5 Å². The zero-order valence-electron chi connectivity index (χ0n) is 11.6. The fourth-order valence-corrected chi connectivity index (χ4v) is 3.05. The van der Waals surface area contributed by atoms with Crippen molar-refractivity contribution < 1.29 is 9.90 Å². The van der Waals surface area contributed by atoms with Gasteiger partial charge in [-0.3, -0.25) is 4.79 Å². The Hall–Kier alpha value is -1.56. The number of likely N-dealkylation sites (tertiary alicyclic amines) is 1. The number of hydrogen-bond acceptors (Lipinski definition) is 4. The summed E-state index contributed by atoms with van der Waals surface area (Å²) >= 11 is 0. The summed E-state index contributed by atoms with van der Waals surface area (Å²) in [6, 6.07) is 1.79. The molecule has 1 amide bonds. The molecule has 0 radical (unpaired) electrons. The maximum Gasteiger partial charge on any atom is 0.238 e. The van der Waals surface area contributed by atoms with Crippen LogP contribution in [0.3, 0.4) is 0 Å². The average Bonchev–Trinajstić information content (AvgIpc) is 2.89. The normalized spacial score (nSPS) is 33.5. The topological polar surface area (TPSA) is 76.4 Å². The highest BCUT2D eigenvalue weighted by Gasteiger charge is 2.35. The lowest BCUT2D eigenvalue weighted by molar-refractivity contribution is -0.131. The van der Waals surface area contributed by atoms with Crippen LogP contribution in [0.1, 0.15) is 38.5 Å². The Bertz CT molecular complexity index is 407. The van der Waals surface area contributed by atoms with Gasteiger partial charge in [-0.25, -0.2) is 0 Å². The number of hydrogen-bond donors (Lipinski definition) is 2. The Balaban J connectivity index is 1.85. The van der Waals surface area contributed by atoms with Crippen molar-refractivity contribution in [3.05, 3.63) is 0 Å². The van der Waals surface area contributed by atoms with Gasteiger partial charge in [0.1, 0.15) is 6.04 Å². The third-order valence-electron chi connectivity index (χ3n) is 4.25. The molecule has 1 aliphatic heterocycles. The van der Waals surface area contributed by atoms with Crippen LogP contribution < -0.4 is 5.32 Å². The quantitative estimate of drug-likeness (QED) is 0.731. The van der Waals surface area contributed by atoms with Gasteiger partial charge in [0, 0.05) is 6.04 Å². The molecule has 2 fully saturated rings. The first-order valence-electron chi connectivity index (χ1n) is 7.24. The van der Waals surface area contributed by atoms with Gasteiger partial charge in [0.2, 0.25) is 5.91 Å². The summed E-state index contributed by atoms with van der Waals surface area (Å²) in [6.07, 6.45) is 9.93. The lowest BCUT2D eigenvalue weighted by atomic mass is 9.93. The second kappa shape index (κ2) is 6.74. The van der Waals surface area contributed by atoms with Crippen molar-refractivity contribution in [3.63, 3.8) is 0 Å². The van der Waals surface area contributed by atoms with E-state index in [0.29, 0.717) is 12.8 Å². The average molecular weight is 275 g/mol. The minimum atomic E-state index is -0.390. The molecule has 0 spiro atoms. The standard InChI is InChI=1S/C15H21N3O2/c1-2-12-5-6-13(9-16)18(12)15(20)10-17-11-3-7-14(19)8-4-11/h1,11-14,17,19H,3-8,10H2/t11?,12-,13-,14?/m0/s1. The molecular weight excluding hydrogens is 254 g/mol. The summed E-state index contributed by atoms with van der Waals surface area (Å²) in [6.45, 7) is 0.219. The molecule has 2 N–H and O–H groups in total. The third kappa shape index (κ3) is 3.30. The summed E-state index contributed by atoms with van der Waals surface area (Å²) in [5.41, 5.74) is 0. The molecular formula is C15H21N3O2. The van der Waals surface area contributed by atoms with Crippen LogP contribution in [0.5, 0.6) is 0 Å². The molecule has 5 heteroatoms. The van der Waals surface area contributed by atoms with E-state index in [-0.39, 0.29) is 30.6 Å². The first-order chi connectivity index (χ1) is 9.65. The Morgan fingerprint density at radius 2 is 1.90 bits per heavy atom. The number of carbonyl (C=O) groups is 1. The molecule has 2 atom stereocenters. The molecule has 1 saturated heterocycles. The molecule has 2 aliphatic rings. The van der Waals surface area contributed by atoms with Crippen molar-refractivity contribution in [3.8, 4) is 18.4 Å². The number of carbonyl (C=O) groups excluding carboxylic acids is 1. The molecule has 5 nitrogen and oxygen atoms in total. The number of nitriles is 1. The van der Waals surface area contributed by atoms with Crippen molar-refractivity contribution in [2.45, 2.75) is 62.8 Å². The first-order valence-corrected chi connectivity index (χ1v) is 7.24. The summed E-state index contributed by atoms with van der Waals surface area (Å²) in [5, 5.41) is 21.8. The highest BCUT2D eigenvalue weighted by atomic mass is 16.3. The Kier molecular flexibility index (Phi) is 5.00. The molecule has 20 heavy (non-hydrogen) atoms. The molecule has 0 aromatic rings. The molecule has 1 saturated carbocycles. The van der Waals surface area contributed by atoms with Crippen LogP contribution in [-0.4, -0.2) is 46.7 Å². The Labute approximate surface area is 119 Å². The lowest BCUT2D eigenvalue weighted by Crippen LogP contribution is -2.47. The second-order valence-electron chi connectivity index (χ2n) is 5.59. The van der Waals surface area contributed by atoms with Crippen molar-refractivity contribution >= 4 is 5.91 Å². The molecule has 1 heterocycles. The monoisotopic (exact) mass is 275 g/mol. The maximum atomic E-state index is 12.3. The summed E-state index contributed by atoms with van der Waals surface area (Å²) in [5.74, 6) is 2.50. The van der Waals surface area contributed by atoms with Crippen LogP contribution >= 0.6 is 0 Å². The van der Waals surface area contributed by atoms with Crippen LogP contribution in [-0.2, 0) is 4.79 Å². The highest BCUT2D eigenvalue weighted by molar-refractivity contribution is 5.80. The SMILES string of the molecule is C#C[C@H]1CC[C@@H](C#N)N1C(=O)CNC1CCC(O)CC1. The molecule has 0 aromatic heterocycles. The molecule has 0 aromatic carbocycles. The van der Waals surface area contributed by atoms with Crippen LogP contribution in [0.2, 0.25) is 0 Å². The summed E-state index contributed by atoms with van der Waals surface area (Å²) in [4.78, 5) is 13.8. The second-order valence-corrected chi connectivity index (χ2v) is 5.59. The van der Waals surface area contributed by atoms with E-state index in [1.54, 1.807) is 4.90 Å². The zero-order chi connectivity index (χ0) is 14.5. The van der Waals surface area contributed by atoms with Gasteiger partial charge in [0.25, 0.3) is 0 Å². The van der Waals surface area contributed by atoms with E-state index in [9.17, 15) is 9.90 Å². The van der Waals surface area contributed by atoms with Gasteiger partial charge in [-0.1, -0.05) is 5.92 Å². The van der Waals surface area contributed by atoms with Gasteiger partial charge in [0.05, 0.1) is 24.8 Å². The Morgan fingerprint density at radius 3 is 2.50 bits per heavy atom. The van der Waals surface area contributed by atoms with Gasteiger partial charge < -0.3 is 15.3 Å². The number of nitrogens with one attached hydrogen (secondary N) is 1. The maximum absolute atomic E-state index is 12.3. The Morgan fingerprint density at radius 1 is 1.25 bits per heavy atom. The molecule has 0 bridgehead atoms. The van der Waals surface area contributed by atoms with Crippen LogP contribution in [0.25, 0.3) is 0 Å². The van der Waals surface area contributed by atoms with Crippen LogP contribution in [0, 0.1) is 23.7 Å². The van der Waals surface area contributed by atoms with Gasteiger partial charge >= 0.3 is 0 Å². The van der Waals surface area contributed by atoms with Crippen molar-refractivity contribution in [2.24, 2.45) is 0 Å². The number of terminal acetylenes is 1. The molecule has 2 rings (SSSR count). The number of nitrogens with zero attached hydrogens (tertiary/aromatic N) is 2. The van der Waals surface area contributed by atoms with E-state index in [1.807, 2.05) is 0 Å². The van der Waals surface area contributed by atoms with E-state index in [0.717, 1.165) is 25.7 Å². The number of rotatable bonds is 3. The van der Waals surface area contributed by atoms with Crippen molar-refractivity contribution in [2.75, 3.05) is 6.54 Å². The smallest absolute Gasteiger partial charge is 0.238 e. The van der Waals surface area contributed by atoms with Crippen molar-refractivity contribution in [1.29, 1.82) is 5.26 Å². The van der Waals surface area contributed by atoms with E-state index in [4.69, 9.17) is 11.7 Å². The molecule has 108 valence electrons. The van der Waals surface area contributed by atoms with E-state index < -0.39 is 6.04 Å². The predicted octanol–water partition coefficient (Wildman–Crippen LogP) is 0.396. The number of aliphatic hydroxyl groups is 1. The summed E-state index contributed by atoms with van der Waals surface area (Å²) < 4.78 is 0. The first kappa shape index (κ1) is 14.8. The minimum absolute atomic E-state index is 0.0943. The molecule has 0 unspecified atom stereocenters. The largest absolute Gasteiger partial charge is 0.393 e. The lowest BCUT2D eigenvalue weighted by Gasteiger charge is -2.28. The summed E-state index contributed by atoms with van der Waals surface area (Å²) in [7, 11) is 0. The highest BCUT2D eigenvalue weighted by Crippen LogP contribution is 2.23. The number of amides is 1. The van der Waals surface area contributed by atoms with Crippen LogP contribution in [0.15, 0.2) is 0 Å². The zero-order valence-corrected chi connectivity index (χ0v) is 11.6. The van der Waals surface area contributed by atoms with Gasteiger partial charge in [0.15, 0.2) is 0 Å². The van der Waals surface area contributed by atoms with Crippen LogP contribution in [0.4, 0.5) is 0 Å². The minimum Gasteiger partial charge on any atom is -0.393 e. The molecule has 1 aliphatic carbocycles. The van der Waals surface area contributed by atoms with E-state index in [2.05, 4.69) is 17.3 Å².